The van der Waals surface area contributed by atoms with E-state index in [4.69, 9.17) is 11.6 Å². The lowest BCUT2D eigenvalue weighted by molar-refractivity contribution is -0.385. The van der Waals surface area contributed by atoms with E-state index < -0.39 is 15.8 Å². The second-order valence-electron chi connectivity index (χ2n) is 4.47. The Balaban J connectivity index is 2.06. The summed E-state index contributed by atoms with van der Waals surface area (Å²) >= 11 is 5.66. The summed E-state index contributed by atoms with van der Waals surface area (Å²) in [5, 5.41) is 24.9. The zero-order valence-corrected chi connectivity index (χ0v) is 12.6. The van der Waals surface area contributed by atoms with Crippen molar-refractivity contribution < 1.29 is 14.6 Å². The molecular weight excluding hydrogens is 340 g/mol. The van der Waals surface area contributed by atoms with Crippen LogP contribution in [-0.2, 0) is 0 Å². The van der Waals surface area contributed by atoms with Gasteiger partial charge in [0, 0.05) is 23.8 Å². The molecule has 10 heteroatoms. The number of nitro benzene ring substituents is 2. The molecule has 0 aromatic heterocycles. The minimum Gasteiger partial charge on any atom is -0.267 e. The summed E-state index contributed by atoms with van der Waals surface area (Å²) in [6, 6.07) is 9.12. The highest BCUT2D eigenvalue weighted by atomic mass is 35.5. The van der Waals surface area contributed by atoms with Crippen molar-refractivity contribution in [1.82, 2.24) is 5.43 Å². The van der Waals surface area contributed by atoms with Crippen LogP contribution in [0.3, 0.4) is 0 Å². The van der Waals surface area contributed by atoms with Crippen molar-refractivity contribution >= 4 is 35.1 Å². The highest BCUT2D eigenvalue weighted by molar-refractivity contribution is 6.32. The number of hydrogen-bond acceptors (Lipinski definition) is 6. The molecule has 1 N–H and O–H groups in total. The van der Waals surface area contributed by atoms with Gasteiger partial charge in [-0.05, 0) is 29.8 Å². The third-order valence-corrected chi connectivity index (χ3v) is 3.21. The number of nitrogens with one attached hydrogen (secondary N) is 1. The molecule has 0 aliphatic rings. The molecule has 0 spiro atoms. The van der Waals surface area contributed by atoms with Gasteiger partial charge in [0.2, 0.25) is 0 Å². The molecule has 24 heavy (non-hydrogen) atoms. The van der Waals surface area contributed by atoms with E-state index in [1.54, 1.807) is 0 Å². The van der Waals surface area contributed by atoms with Gasteiger partial charge in [-0.3, -0.25) is 25.0 Å². The smallest absolute Gasteiger partial charge is 0.267 e. The average Bonchev–Trinajstić information content (AvgIpc) is 2.55. The van der Waals surface area contributed by atoms with Gasteiger partial charge in [0.1, 0.15) is 5.02 Å². The second-order valence-corrected chi connectivity index (χ2v) is 4.88. The molecule has 2 aromatic carbocycles. The molecule has 0 unspecified atom stereocenters. The quantitative estimate of drug-likeness (QED) is 0.504. The van der Waals surface area contributed by atoms with Gasteiger partial charge in [0.15, 0.2) is 0 Å². The summed E-state index contributed by atoms with van der Waals surface area (Å²) in [5.74, 6) is -0.659. The predicted molar refractivity (Wildman–Crippen MR) is 86.3 cm³/mol. The maximum Gasteiger partial charge on any atom is 0.288 e. The van der Waals surface area contributed by atoms with Crippen LogP contribution in [0.5, 0.6) is 0 Å². The van der Waals surface area contributed by atoms with Gasteiger partial charge in [0.25, 0.3) is 17.3 Å². The zero-order valence-electron chi connectivity index (χ0n) is 11.9. The fourth-order valence-electron chi connectivity index (χ4n) is 1.71. The van der Waals surface area contributed by atoms with E-state index in [1.807, 2.05) is 0 Å². The third-order valence-electron chi connectivity index (χ3n) is 2.89. The molecule has 0 bridgehead atoms. The molecule has 0 saturated carbocycles. The highest BCUT2D eigenvalue weighted by Crippen LogP contribution is 2.24. The summed E-state index contributed by atoms with van der Waals surface area (Å²) < 4.78 is 0. The van der Waals surface area contributed by atoms with Crippen molar-refractivity contribution in [3.63, 3.8) is 0 Å². The first kappa shape index (κ1) is 17.0. The van der Waals surface area contributed by atoms with E-state index in [0.29, 0.717) is 5.56 Å². The number of amides is 1. The molecule has 2 aromatic rings. The third kappa shape index (κ3) is 4.11. The lowest BCUT2D eigenvalue weighted by Crippen LogP contribution is -2.17. The van der Waals surface area contributed by atoms with Crippen LogP contribution in [0.1, 0.15) is 15.9 Å². The molecule has 0 atom stereocenters. The Hall–Kier alpha value is -3.33. The number of halogens is 1. The van der Waals surface area contributed by atoms with Crippen molar-refractivity contribution in [2.45, 2.75) is 0 Å². The average molecular weight is 349 g/mol. The lowest BCUT2D eigenvalue weighted by Gasteiger charge is -2.01. The molecule has 2 rings (SSSR count). The van der Waals surface area contributed by atoms with Gasteiger partial charge in [-0.15, -0.1) is 0 Å². The Morgan fingerprint density at radius 1 is 1.08 bits per heavy atom. The van der Waals surface area contributed by atoms with Crippen molar-refractivity contribution in [2.75, 3.05) is 0 Å². The van der Waals surface area contributed by atoms with Gasteiger partial charge in [-0.2, -0.15) is 5.10 Å². The van der Waals surface area contributed by atoms with E-state index in [-0.39, 0.29) is 22.0 Å². The van der Waals surface area contributed by atoms with Crippen LogP contribution >= 0.6 is 11.6 Å². The van der Waals surface area contributed by atoms with Gasteiger partial charge < -0.3 is 0 Å². The minimum atomic E-state index is -0.695. The maximum atomic E-state index is 11.9. The van der Waals surface area contributed by atoms with Crippen molar-refractivity contribution in [2.24, 2.45) is 5.10 Å². The number of rotatable bonds is 5. The summed E-state index contributed by atoms with van der Waals surface area (Å²) in [6.45, 7) is 0. The first-order valence-electron chi connectivity index (χ1n) is 6.40. The topological polar surface area (TPSA) is 128 Å². The summed E-state index contributed by atoms with van der Waals surface area (Å²) in [7, 11) is 0. The molecule has 9 nitrogen and oxygen atoms in total. The molecule has 0 radical (unpaired) electrons. The molecule has 1 amide bonds. The Kier molecular flexibility index (Phi) is 5.17. The van der Waals surface area contributed by atoms with Crippen LogP contribution in [0, 0.1) is 20.2 Å². The highest BCUT2D eigenvalue weighted by Gasteiger charge is 2.15. The molecule has 122 valence electrons. The Bertz CT molecular complexity index is 836. The number of hydrazone groups is 1. The summed E-state index contributed by atoms with van der Waals surface area (Å²) in [5.41, 5.74) is 2.30. The van der Waals surface area contributed by atoms with Crippen LogP contribution in [-0.4, -0.2) is 22.0 Å². The zero-order chi connectivity index (χ0) is 17.7. The number of non-ortho nitro benzene ring substituents is 1. The lowest BCUT2D eigenvalue weighted by atomic mass is 10.2. The van der Waals surface area contributed by atoms with Crippen LogP contribution in [0.4, 0.5) is 11.4 Å². The molecular formula is C14H9ClN4O5. The van der Waals surface area contributed by atoms with Crippen LogP contribution < -0.4 is 5.43 Å². The molecule has 0 fully saturated rings. The molecule has 0 heterocycles. The van der Waals surface area contributed by atoms with E-state index >= 15 is 0 Å². The summed E-state index contributed by atoms with van der Waals surface area (Å²) in [6.07, 6.45) is 1.28. The van der Waals surface area contributed by atoms with E-state index in [0.717, 1.165) is 6.07 Å². The monoisotopic (exact) mass is 348 g/mol. The van der Waals surface area contributed by atoms with E-state index in [1.165, 1.54) is 42.6 Å². The number of benzene rings is 2. The summed E-state index contributed by atoms with van der Waals surface area (Å²) in [4.78, 5) is 32.0. The van der Waals surface area contributed by atoms with Gasteiger partial charge in [-0.25, -0.2) is 5.43 Å². The van der Waals surface area contributed by atoms with Crippen molar-refractivity contribution in [3.05, 3.63) is 78.8 Å². The second kappa shape index (κ2) is 7.29. The molecule has 0 aliphatic carbocycles. The van der Waals surface area contributed by atoms with Crippen LogP contribution in [0.15, 0.2) is 47.6 Å². The first-order valence-corrected chi connectivity index (χ1v) is 6.78. The standard InChI is InChI=1S/C14H9ClN4O5/c15-12-6-3-10(7-13(12)19(23)24)14(20)17-16-8-9-1-4-11(5-2-9)18(21)22/h1-8H,(H,17,20)/b16-8+. The maximum absolute atomic E-state index is 11.9. The Labute approximate surface area is 139 Å². The minimum absolute atomic E-state index is 0.0203. The molecule has 0 saturated heterocycles. The van der Waals surface area contributed by atoms with Crippen molar-refractivity contribution in [1.29, 1.82) is 0 Å². The number of nitrogens with zero attached hydrogens (tertiary/aromatic N) is 3. The van der Waals surface area contributed by atoms with Crippen molar-refractivity contribution in [3.8, 4) is 0 Å². The van der Waals surface area contributed by atoms with Crippen LogP contribution in [0.2, 0.25) is 5.02 Å². The fourth-order valence-corrected chi connectivity index (χ4v) is 1.89. The Morgan fingerprint density at radius 3 is 2.33 bits per heavy atom. The first-order chi connectivity index (χ1) is 11.4. The number of nitro groups is 2. The van der Waals surface area contributed by atoms with Gasteiger partial charge in [0.05, 0.1) is 16.1 Å². The number of hydrogen-bond donors (Lipinski definition) is 1. The predicted octanol–water partition coefficient (Wildman–Crippen LogP) is 2.92. The van der Waals surface area contributed by atoms with E-state index in [2.05, 4.69) is 10.5 Å². The molecule has 0 aliphatic heterocycles. The Morgan fingerprint density at radius 2 is 1.75 bits per heavy atom. The number of carbonyl (C=O) groups excluding carboxylic acids is 1. The van der Waals surface area contributed by atoms with Gasteiger partial charge in [-0.1, -0.05) is 11.6 Å². The van der Waals surface area contributed by atoms with Gasteiger partial charge >= 0.3 is 0 Å². The SMILES string of the molecule is O=C(N/N=C/c1ccc([N+](=O)[O-])cc1)c1ccc(Cl)c([N+](=O)[O-])c1. The van der Waals surface area contributed by atoms with E-state index in [9.17, 15) is 25.0 Å². The van der Waals surface area contributed by atoms with Crippen LogP contribution in [0.25, 0.3) is 0 Å². The fraction of sp³-hybridized carbons (Fsp3) is 0. The number of carbonyl (C=O) groups is 1. The normalized spacial score (nSPS) is 10.5. The largest absolute Gasteiger partial charge is 0.288 e.